The Morgan fingerprint density at radius 1 is 1.44 bits per heavy atom. The summed E-state index contributed by atoms with van der Waals surface area (Å²) in [5.74, 6) is 0.237. The van der Waals surface area contributed by atoms with Crippen LogP contribution in [0.1, 0.15) is 20.3 Å². The Bertz CT molecular complexity index is 421. The minimum atomic E-state index is 0.0774. The van der Waals surface area contributed by atoms with Gasteiger partial charge < -0.3 is 4.90 Å². The number of nitrogens with zero attached hydrogens (tertiary/aromatic N) is 1. The number of amides is 1. The summed E-state index contributed by atoms with van der Waals surface area (Å²) in [5, 5.41) is 0.0774. The molecule has 0 saturated heterocycles. The van der Waals surface area contributed by atoms with Gasteiger partial charge in [0.2, 0.25) is 5.91 Å². The van der Waals surface area contributed by atoms with Gasteiger partial charge in [0, 0.05) is 15.9 Å². The van der Waals surface area contributed by atoms with Crippen LogP contribution in [0.25, 0.3) is 0 Å². The van der Waals surface area contributed by atoms with Gasteiger partial charge in [0.1, 0.15) is 0 Å². The van der Waals surface area contributed by atoms with Crippen LogP contribution >= 0.6 is 27.7 Å². The largest absolute Gasteiger partial charge is 0.311 e. The molecule has 0 spiro atoms. The molecule has 0 N–H and O–H groups in total. The van der Waals surface area contributed by atoms with Gasteiger partial charge in [-0.1, -0.05) is 22.9 Å². The van der Waals surface area contributed by atoms with Crippen molar-refractivity contribution in [3.8, 4) is 0 Å². The lowest BCUT2D eigenvalue weighted by Crippen LogP contribution is -2.40. The first-order valence-corrected chi connectivity index (χ1v) is 7.12. The summed E-state index contributed by atoms with van der Waals surface area (Å²) in [6, 6.07) is 6.14. The van der Waals surface area contributed by atoms with Gasteiger partial charge in [0.25, 0.3) is 0 Å². The van der Waals surface area contributed by atoms with Gasteiger partial charge in [0.05, 0.1) is 10.9 Å². The Morgan fingerprint density at radius 3 is 2.81 bits per heavy atom. The van der Waals surface area contributed by atoms with E-state index in [-0.39, 0.29) is 11.2 Å². The van der Waals surface area contributed by atoms with Crippen LogP contribution in [-0.4, -0.2) is 17.7 Å². The number of halogens is 1. The van der Waals surface area contributed by atoms with E-state index in [1.165, 1.54) is 4.90 Å². The molecule has 0 saturated carbocycles. The van der Waals surface area contributed by atoms with Crippen LogP contribution in [0.5, 0.6) is 0 Å². The fraction of sp³-hybridized carbons (Fsp3) is 0.417. The summed E-state index contributed by atoms with van der Waals surface area (Å²) in [6.45, 7) is 4.82. The number of benzene rings is 1. The second-order valence-corrected chi connectivity index (χ2v) is 5.87. The summed E-state index contributed by atoms with van der Waals surface area (Å²) >= 11 is 5.13. The van der Waals surface area contributed by atoms with Crippen molar-refractivity contribution in [2.24, 2.45) is 0 Å². The first-order valence-electron chi connectivity index (χ1n) is 5.45. The van der Waals surface area contributed by atoms with Crippen molar-refractivity contribution in [2.45, 2.75) is 30.4 Å². The van der Waals surface area contributed by atoms with Crippen LogP contribution in [-0.2, 0) is 4.79 Å². The maximum Gasteiger partial charge on any atom is 0.240 e. The van der Waals surface area contributed by atoms with Crippen molar-refractivity contribution in [3.63, 3.8) is 0 Å². The molecule has 86 valence electrons. The molecule has 0 radical (unpaired) electrons. The highest BCUT2D eigenvalue weighted by Crippen LogP contribution is 2.41. The van der Waals surface area contributed by atoms with E-state index >= 15 is 0 Å². The first-order chi connectivity index (χ1) is 7.67. The van der Waals surface area contributed by atoms with E-state index in [9.17, 15) is 4.79 Å². The van der Waals surface area contributed by atoms with Crippen LogP contribution in [0.3, 0.4) is 0 Å². The number of hydrogen-bond acceptors (Lipinski definition) is 2. The second-order valence-electron chi connectivity index (χ2n) is 3.71. The minimum absolute atomic E-state index is 0.0774. The van der Waals surface area contributed by atoms with Crippen LogP contribution in [0.2, 0.25) is 0 Å². The number of anilines is 1. The molecular weight excluding hydrogens is 286 g/mol. The van der Waals surface area contributed by atoms with Gasteiger partial charge in [-0.2, -0.15) is 0 Å². The smallest absolute Gasteiger partial charge is 0.240 e. The third-order valence-corrected chi connectivity index (χ3v) is 4.62. The van der Waals surface area contributed by atoms with Crippen LogP contribution in [0.4, 0.5) is 5.69 Å². The zero-order valence-corrected chi connectivity index (χ0v) is 11.8. The van der Waals surface area contributed by atoms with Crippen molar-refractivity contribution >= 4 is 39.3 Å². The van der Waals surface area contributed by atoms with Crippen molar-refractivity contribution in [1.82, 2.24) is 0 Å². The highest BCUT2D eigenvalue weighted by atomic mass is 79.9. The lowest BCUT2D eigenvalue weighted by atomic mass is 10.2. The van der Waals surface area contributed by atoms with E-state index in [2.05, 4.69) is 28.9 Å². The number of carbonyl (C=O) groups excluding carboxylic acids is 1. The Balaban J connectivity index is 2.47. The average Bonchev–Trinajstić information content (AvgIpc) is 2.28. The normalized spacial score (nSPS) is 19.8. The van der Waals surface area contributed by atoms with E-state index in [0.717, 1.165) is 23.1 Å². The SMILES string of the molecule is CCC1Sc2ccc(Br)cc2N(CC)C1=O. The quantitative estimate of drug-likeness (QED) is 0.830. The molecule has 1 unspecified atom stereocenters. The molecule has 0 bridgehead atoms. The monoisotopic (exact) mass is 299 g/mol. The summed E-state index contributed by atoms with van der Waals surface area (Å²) in [4.78, 5) is 15.2. The number of rotatable bonds is 2. The molecule has 0 aliphatic carbocycles. The predicted octanol–water partition coefficient (Wildman–Crippen LogP) is 3.69. The first kappa shape index (κ1) is 12.0. The van der Waals surface area contributed by atoms with Gasteiger partial charge in [-0.15, -0.1) is 11.8 Å². The Hall–Kier alpha value is -0.480. The lowest BCUT2D eigenvalue weighted by molar-refractivity contribution is -0.118. The van der Waals surface area contributed by atoms with Gasteiger partial charge >= 0.3 is 0 Å². The standard InChI is InChI=1S/C12H14BrNOS/c1-3-10-12(15)14(4-2)9-7-8(13)5-6-11(9)16-10/h5-7,10H,3-4H2,1-2H3. The topological polar surface area (TPSA) is 20.3 Å². The molecule has 2 rings (SSSR count). The van der Waals surface area contributed by atoms with Crippen LogP contribution < -0.4 is 4.90 Å². The van der Waals surface area contributed by atoms with Gasteiger partial charge in [0.15, 0.2) is 0 Å². The molecule has 1 aliphatic rings. The van der Waals surface area contributed by atoms with E-state index < -0.39 is 0 Å². The molecule has 2 nitrogen and oxygen atoms in total. The summed E-state index contributed by atoms with van der Waals surface area (Å²) in [5.41, 5.74) is 1.04. The van der Waals surface area contributed by atoms with E-state index in [1.54, 1.807) is 11.8 Å². The maximum absolute atomic E-state index is 12.2. The number of carbonyl (C=O) groups is 1. The molecule has 1 aromatic rings. The van der Waals surface area contributed by atoms with Crippen LogP contribution in [0.15, 0.2) is 27.6 Å². The number of hydrogen-bond donors (Lipinski definition) is 0. The summed E-state index contributed by atoms with van der Waals surface area (Å²) < 4.78 is 1.02. The molecule has 1 aliphatic heterocycles. The number of fused-ring (bicyclic) bond motifs is 1. The Labute approximate surface area is 109 Å². The summed E-state index contributed by atoms with van der Waals surface area (Å²) in [7, 11) is 0. The molecule has 0 fully saturated rings. The highest BCUT2D eigenvalue weighted by molar-refractivity contribution is 9.10. The molecule has 0 aromatic heterocycles. The highest BCUT2D eigenvalue weighted by Gasteiger charge is 2.31. The van der Waals surface area contributed by atoms with Gasteiger partial charge in [-0.05, 0) is 31.5 Å². The molecule has 1 amide bonds. The van der Waals surface area contributed by atoms with Crippen molar-refractivity contribution in [1.29, 1.82) is 0 Å². The lowest BCUT2D eigenvalue weighted by Gasteiger charge is -2.32. The van der Waals surface area contributed by atoms with Crippen molar-refractivity contribution in [2.75, 3.05) is 11.4 Å². The summed E-state index contributed by atoms with van der Waals surface area (Å²) in [6.07, 6.45) is 0.884. The minimum Gasteiger partial charge on any atom is -0.311 e. The Kier molecular flexibility index (Phi) is 3.60. The van der Waals surface area contributed by atoms with Crippen molar-refractivity contribution in [3.05, 3.63) is 22.7 Å². The van der Waals surface area contributed by atoms with Gasteiger partial charge in [-0.3, -0.25) is 4.79 Å². The maximum atomic E-state index is 12.2. The van der Waals surface area contributed by atoms with E-state index in [1.807, 2.05) is 24.0 Å². The second kappa shape index (κ2) is 4.80. The number of thioether (sulfide) groups is 1. The molecular formula is C12H14BrNOS. The zero-order chi connectivity index (χ0) is 11.7. The molecule has 1 heterocycles. The third kappa shape index (κ3) is 2.00. The zero-order valence-electron chi connectivity index (χ0n) is 9.37. The van der Waals surface area contributed by atoms with E-state index in [0.29, 0.717) is 0 Å². The molecule has 1 aromatic carbocycles. The average molecular weight is 300 g/mol. The third-order valence-electron chi connectivity index (χ3n) is 2.71. The fourth-order valence-electron chi connectivity index (χ4n) is 1.88. The van der Waals surface area contributed by atoms with Gasteiger partial charge in [-0.25, -0.2) is 0 Å². The van der Waals surface area contributed by atoms with E-state index in [4.69, 9.17) is 0 Å². The Morgan fingerprint density at radius 2 is 2.19 bits per heavy atom. The van der Waals surface area contributed by atoms with Crippen LogP contribution in [0, 0.1) is 0 Å². The predicted molar refractivity (Wildman–Crippen MR) is 72.1 cm³/mol. The molecule has 4 heteroatoms. The fourth-order valence-corrected chi connectivity index (χ4v) is 3.37. The van der Waals surface area contributed by atoms with Crippen molar-refractivity contribution < 1.29 is 4.79 Å². The molecule has 1 atom stereocenters. The molecule has 16 heavy (non-hydrogen) atoms.